The van der Waals surface area contributed by atoms with E-state index in [4.69, 9.17) is 0 Å². The Morgan fingerprint density at radius 3 is 2.61 bits per heavy atom. The fourth-order valence-electron chi connectivity index (χ4n) is 3.67. The molecule has 0 spiro atoms. The highest BCUT2D eigenvalue weighted by atomic mass is 127. The molecule has 0 saturated carbocycles. The Kier molecular flexibility index (Phi) is 7.30. The van der Waals surface area contributed by atoms with Crippen molar-refractivity contribution in [3.8, 4) is 11.1 Å². The van der Waals surface area contributed by atoms with Gasteiger partial charge in [0.05, 0.1) is 0 Å². The lowest BCUT2D eigenvalue weighted by atomic mass is 9.98. The Labute approximate surface area is 183 Å². The molecule has 2 aromatic carbocycles. The van der Waals surface area contributed by atoms with Crippen LogP contribution >= 0.6 is 24.0 Å². The number of nitrogens with one attached hydrogen (secondary N) is 2. The van der Waals surface area contributed by atoms with Gasteiger partial charge in [0, 0.05) is 39.1 Å². The summed E-state index contributed by atoms with van der Waals surface area (Å²) >= 11 is 0. The van der Waals surface area contributed by atoms with E-state index in [1.165, 1.54) is 22.3 Å². The maximum Gasteiger partial charge on any atom is 0.222 e. The summed E-state index contributed by atoms with van der Waals surface area (Å²) in [5, 5.41) is 6.71. The molecule has 2 aliphatic rings. The molecule has 2 aliphatic heterocycles. The van der Waals surface area contributed by atoms with Crippen LogP contribution in [0.1, 0.15) is 30.4 Å². The highest BCUT2D eigenvalue weighted by Crippen LogP contribution is 2.25. The number of likely N-dealkylation sites (tertiary alicyclic amines) is 1. The van der Waals surface area contributed by atoms with Crippen molar-refractivity contribution < 1.29 is 4.79 Å². The van der Waals surface area contributed by atoms with Gasteiger partial charge in [-0.3, -0.25) is 9.79 Å². The summed E-state index contributed by atoms with van der Waals surface area (Å²) < 4.78 is 0. The van der Waals surface area contributed by atoms with Gasteiger partial charge in [-0.15, -0.1) is 24.0 Å². The van der Waals surface area contributed by atoms with E-state index in [9.17, 15) is 4.79 Å². The molecule has 2 N–H and O–H groups in total. The van der Waals surface area contributed by atoms with Crippen molar-refractivity contribution in [2.24, 2.45) is 4.99 Å². The molecule has 0 aliphatic carbocycles. The van der Waals surface area contributed by atoms with Crippen LogP contribution in [0.4, 0.5) is 0 Å². The van der Waals surface area contributed by atoms with Gasteiger partial charge in [0.1, 0.15) is 0 Å². The predicted molar refractivity (Wildman–Crippen MR) is 124 cm³/mol. The number of amides is 1. The van der Waals surface area contributed by atoms with E-state index in [0.717, 1.165) is 45.0 Å². The van der Waals surface area contributed by atoms with Crippen molar-refractivity contribution in [3.05, 3.63) is 59.7 Å². The maximum atomic E-state index is 11.8. The van der Waals surface area contributed by atoms with Crippen LogP contribution in [-0.4, -0.2) is 36.4 Å². The molecule has 0 atom stereocenters. The van der Waals surface area contributed by atoms with Gasteiger partial charge in [-0.2, -0.15) is 0 Å². The molecule has 1 amide bonds. The number of hydrogen-bond donors (Lipinski definition) is 2. The predicted octanol–water partition coefficient (Wildman–Crippen LogP) is 3.53. The summed E-state index contributed by atoms with van der Waals surface area (Å²) in [6.45, 7) is 4.21. The normalized spacial score (nSPS) is 16.2. The minimum Gasteiger partial charge on any atom is -0.356 e. The molecule has 6 heteroatoms. The van der Waals surface area contributed by atoms with E-state index in [0.29, 0.717) is 13.0 Å². The summed E-state index contributed by atoms with van der Waals surface area (Å²) in [5.74, 6) is 1.16. The third-order valence-electron chi connectivity index (χ3n) is 5.17. The zero-order valence-electron chi connectivity index (χ0n) is 16.0. The van der Waals surface area contributed by atoms with Crippen LogP contribution in [0.15, 0.2) is 53.5 Å². The molecule has 148 valence electrons. The van der Waals surface area contributed by atoms with Crippen LogP contribution in [-0.2, 0) is 17.9 Å². The van der Waals surface area contributed by atoms with Crippen LogP contribution in [0.2, 0.25) is 0 Å². The monoisotopic (exact) mass is 490 g/mol. The molecule has 1 saturated heterocycles. The lowest BCUT2D eigenvalue weighted by molar-refractivity contribution is -0.128. The number of carbonyl (C=O) groups is 1. The first-order valence-electron chi connectivity index (χ1n) is 9.77. The van der Waals surface area contributed by atoms with Crippen LogP contribution < -0.4 is 10.6 Å². The molecule has 28 heavy (non-hydrogen) atoms. The van der Waals surface area contributed by atoms with Gasteiger partial charge in [0.25, 0.3) is 0 Å². The van der Waals surface area contributed by atoms with Crippen LogP contribution in [0.25, 0.3) is 11.1 Å². The minimum atomic E-state index is 0. The van der Waals surface area contributed by atoms with Gasteiger partial charge in [-0.25, -0.2) is 0 Å². The number of rotatable bonds is 5. The SMILES string of the molecule is I.O=C1CCCN1Cc1ccc(-c2ccccc2CNC2=NCCCN2)cc1. The fraction of sp³-hybridized carbons (Fsp3) is 0.364. The van der Waals surface area contributed by atoms with Crippen molar-refractivity contribution in [1.29, 1.82) is 0 Å². The second-order valence-corrected chi connectivity index (χ2v) is 7.14. The minimum absolute atomic E-state index is 0. The van der Waals surface area contributed by atoms with Crippen molar-refractivity contribution in [2.45, 2.75) is 32.4 Å². The number of carbonyl (C=O) groups excluding carboxylic acids is 1. The number of aliphatic imine (C=N–C) groups is 1. The molecule has 0 radical (unpaired) electrons. The molecule has 1 fully saturated rings. The first kappa shape index (κ1) is 20.6. The Morgan fingerprint density at radius 1 is 1.07 bits per heavy atom. The van der Waals surface area contributed by atoms with Gasteiger partial charge in [0.2, 0.25) is 5.91 Å². The second-order valence-electron chi connectivity index (χ2n) is 7.14. The number of hydrogen-bond acceptors (Lipinski definition) is 4. The van der Waals surface area contributed by atoms with E-state index in [-0.39, 0.29) is 29.9 Å². The standard InChI is InChI=1S/C22H26N4O.HI/c27-21-7-3-14-26(21)16-17-8-10-18(11-9-17)20-6-2-1-5-19(20)15-25-22-23-12-4-13-24-22;/h1-2,5-6,8-11H,3-4,7,12-16H2,(H2,23,24,25);1H. The van der Waals surface area contributed by atoms with Crippen molar-refractivity contribution in [3.63, 3.8) is 0 Å². The number of benzene rings is 2. The summed E-state index contributed by atoms with van der Waals surface area (Å²) in [6, 6.07) is 17.1. The zero-order chi connectivity index (χ0) is 18.5. The molecule has 4 rings (SSSR count). The molecule has 2 heterocycles. The molecule has 2 aromatic rings. The molecule has 0 aromatic heterocycles. The number of halogens is 1. The summed E-state index contributed by atoms with van der Waals surface area (Å²) in [6.07, 6.45) is 2.77. The van der Waals surface area contributed by atoms with Gasteiger partial charge >= 0.3 is 0 Å². The van der Waals surface area contributed by atoms with E-state index in [1.54, 1.807) is 0 Å². The van der Waals surface area contributed by atoms with Gasteiger partial charge in [0.15, 0.2) is 5.96 Å². The van der Waals surface area contributed by atoms with Crippen molar-refractivity contribution >= 4 is 35.8 Å². The van der Waals surface area contributed by atoms with Crippen molar-refractivity contribution in [1.82, 2.24) is 15.5 Å². The second kappa shape index (κ2) is 9.91. The lowest BCUT2D eigenvalue weighted by Crippen LogP contribution is -2.40. The quantitative estimate of drug-likeness (QED) is 0.631. The Balaban J connectivity index is 0.00000225. The lowest BCUT2D eigenvalue weighted by Gasteiger charge is -2.18. The van der Waals surface area contributed by atoms with E-state index < -0.39 is 0 Å². The third kappa shape index (κ3) is 5.04. The average Bonchev–Trinajstić information content (AvgIpc) is 3.12. The molecule has 0 bridgehead atoms. The van der Waals surface area contributed by atoms with Gasteiger partial charge in [-0.05, 0) is 35.1 Å². The largest absolute Gasteiger partial charge is 0.356 e. The summed E-state index contributed by atoms with van der Waals surface area (Å²) in [7, 11) is 0. The Hall–Kier alpha value is -2.09. The maximum absolute atomic E-state index is 11.8. The van der Waals surface area contributed by atoms with Crippen molar-refractivity contribution in [2.75, 3.05) is 19.6 Å². The third-order valence-corrected chi connectivity index (χ3v) is 5.17. The van der Waals surface area contributed by atoms with Crippen LogP contribution in [0.5, 0.6) is 0 Å². The highest BCUT2D eigenvalue weighted by Gasteiger charge is 2.19. The molecule has 5 nitrogen and oxygen atoms in total. The Bertz CT molecular complexity index is 835. The van der Waals surface area contributed by atoms with Gasteiger partial charge < -0.3 is 15.5 Å². The first-order chi connectivity index (χ1) is 13.3. The average molecular weight is 490 g/mol. The summed E-state index contributed by atoms with van der Waals surface area (Å²) in [4.78, 5) is 18.2. The molecular formula is C22H27IN4O. The Morgan fingerprint density at radius 2 is 1.89 bits per heavy atom. The smallest absolute Gasteiger partial charge is 0.222 e. The van der Waals surface area contributed by atoms with E-state index >= 15 is 0 Å². The van der Waals surface area contributed by atoms with Crippen LogP contribution in [0.3, 0.4) is 0 Å². The zero-order valence-corrected chi connectivity index (χ0v) is 18.3. The van der Waals surface area contributed by atoms with E-state index in [1.807, 2.05) is 4.90 Å². The molecule has 0 unspecified atom stereocenters. The van der Waals surface area contributed by atoms with E-state index in [2.05, 4.69) is 64.2 Å². The van der Waals surface area contributed by atoms with Crippen LogP contribution in [0, 0.1) is 0 Å². The number of guanidine groups is 1. The van der Waals surface area contributed by atoms with Gasteiger partial charge in [-0.1, -0.05) is 48.5 Å². The molecular weight excluding hydrogens is 463 g/mol. The fourth-order valence-corrected chi connectivity index (χ4v) is 3.67. The topological polar surface area (TPSA) is 56.7 Å². The number of nitrogens with zero attached hydrogens (tertiary/aromatic N) is 2. The first-order valence-corrected chi connectivity index (χ1v) is 9.77. The summed E-state index contributed by atoms with van der Waals surface area (Å²) in [5.41, 5.74) is 4.85. The highest BCUT2D eigenvalue weighted by molar-refractivity contribution is 14.0.